The Labute approximate surface area is 126 Å². The molecule has 0 aliphatic carbocycles. The van der Waals surface area contributed by atoms with Gasteiger partial charge in [-0.05, 0) is 31.2 Å². The fourth-order valence-electron chi connectivity index (χ4n) is 2.36. The van der Waals surface area contributed by atoms with Crippen LogP contribution in [0.2, 0.25) is 0 Å². The van der Waals surface area contributed by atoms with Crippen LogP contribution in [0.5, 0.6) is 0 Å². The Morgan fingerprint density at radius 3 is 2.70 bits per heavy atom. The molecule has 1 aliphatic heterocycles. The molecule has 100 valence electrons. The average Bonchev–Trinajstić information content (AvgIpc) is 2.72. The monoisotopic (exact) mass is 328 g/mol. The van der Waals surface area contributed by atoms with Crippen molar-refractivity contribution >= 4 is 38.9 Å². The molecular weight excluding hydrogens is 316 g/mol. The third kappa shape index (κ3) is 2.16. The number of hydrogen-bond acceptors (Lipinski definition) is 2. The van der Waals surface area contributed by atoms with Gasteiger partial charge < -0.3 is 4.90 Å². The van der Waals surface area contributed by atoms with Crippen LogP contribution in [-0.2, 0) is 4.79 Å². The Hall–Kier alpha value is -1.94. The first-order chi connectivity index (χ1) is 9.70. The zero-order chi connectivity index (χ0) is 14.1. The van der Waals surface area contributed by atoms with Crippen LogP contribution >= 0.6 is 15.9 Å². The zero-order valence-corrected chi connectivity index (χ0v) is 12.6. The Morgan fingerprint density at radius 2 is 1.95 bits per heavy atom. The van der Waals surface area contributed by atoms with Gasteiger partial charge in [0.25, 0.3) is 5.91 Å². The summed E-state index contributed by atoms with van der Waals surface area (Å²) in [6, 6.07) is 15.4. The van der Waals surface area contributed by atoms with Gasteiger partial charge in [0.2, 0.25) is 0 Å². The number of halogens is 1. The van der Waals surface area contributed by atoms with Crippen molar-refractivity contribution in [2.24, 2.45) is 4.99 Å². The predicted octanol–water partition coefficient (Wildman–Crippen LogP) is 3.94. The lowest BCUT2D eigenvalue weighted by molar-refractivity contribution is -0.112. The summed E-state index contributed by atoms with van der Waals surface area (Å²) in [5, 5.41) is 0. The summed E-state index contributed by atoms with van der Waals surface area (Å²) < 4.78 is 0.949. The van der Waals surface area contributed by atoms with Gasteiger partial charge in [0, 0.05) is 16.6 Å². The summed E-state index contributed by atoms with van der Waals surface area (Å²) in [6.45, 7) is 2.62. The molecule has 1 heterocycles. The van der Waals surface area contributed by atoms with Crippen molar-refractivity contribution in [3.63, 3.8) is 0 Å². The lowest BCUT2D eigenvalue weighted by atomic mass is 10.1. The van der Waals surface area contributed by atoms with E-state index in [2.05, 4.69) is 20.9 Å². The summed E-state index contributed by atoms with van der Waals surface area (Å²) in [4.78, 5) is 18.8. The topological polar surface area (TPSA) is 32.7 Å². The minimum atomic E-state index is -0.0336. The highest BCUT2D eigenvalue weighted by Crippen LogP contribution is 2.30. The molecule has 1 amide bonds. The minimum absolute atomic E-state index is 0.0336. The number of aliphatic imine (C=N–C) groups is 1. The van der Waals surface area contributed by atoms with E-state index in [0.717, 1.165) is 21.4 Å². The quantitative estimate of drug-likeness (QED) is 0.821. The third-order valence-corrected chi connectivity index (χ3v) is 3.76. The van der Waals surface area contributed by atoms with Gasteiger partial charge in [0.1, 0.15) is 5.71 Å². The second-order valence-corrected chi connectivity index (χ2v) is 5.42. The number of likely N-dealkylation sites (N-methyl/N-ethyl adjacent to an activating group) is 1. The molecule has 0 saturated carbocycles. The molecule has 2 aromatic carbocycles. The normalized spacial score (nSPS) is 15.8. The van der Waals surface area contributed by atoms with E-state index in [-0.39, 0.29) is 5.91 Å². The van der Waals surface area contributed by atoms with Crippen LogP contribution in [0.15, 0.2) is 58.0 Å². The number of amides is 1. The number of rotatable bonds is 2. The largest absolute Gasteiger partial charge is 0.307 e. The van der Waals surface area contributed by atoms with E-state index >= 15 is 0 Å². The Balaban J connectivity index is 2.12. The lowest BCUT2D eigenvalue weighted by Gasteiger charge is -2.12. The number of para-hydroxylation sites is 1. The van der Waals surface area contributed by atoms with Gasteiger partial charge >= 0.3 is 0 Å². The summed E-state index contributed by atoms with van der Waals surface area (Å²) in [7, 11) is 0. The second kappa shape index (κ2) is 5.21. The molecule has 0 atom stereocenters. The first-order valence-corrected chi connectivity index (χ1v) is 7.25. The van der Waals surface area contributed by atoms with Crippen molar-refractivity contribution in [3.8, 4) is 0 Å². The fourth-order valence-corrected chi connectivity index (χ4v) is 2.75. The highest BCUT2D eigenvalue weighted by atomic mass is 79.9. The first-order valence-electron chi connectivity index (χ1n) is 6.46. The van der Waals surface area contributed by atoms with E-state index in [0.29, 0.717) is 12.3 Å². The van der Waals surface area contributed by atoms with Crippen molar-refractivity contribution < 1.29 is 4.79 Å². The fraction of sp³-hybridized carbons (Fsp3) is 0.125. The maximum absolute atomic E-state index is 12.5. The molecule has 20 heavy (non-hydrogen) atoms. The van der Waals surface area contributed by atoms with Gasteiger partial charge in [-0.25, -0.2) is 4.99 Å². The molecule has 0 aromatic heterocycles. The van der Waals surface area contributed by atoms with Crippen molar-refractivity contribution in [1.82, 2.24) is 0 Å². The van der Waals surface area contributed by atoms with Gasteiger partial charge in [-0.2, -0.15) is 0 Å². The predicted molar refractivity (Wildman–Crippen MR) is 84.8 cm³/mol. The zero-order valence-electron chi connectivity index (χ0n) is 11.0. The van der Waals surface area contributed by atoms with Gasteiger partial charge in [-0.15, -0.1) is 0 Å². The molecule has 0 fully saturated rings. The van der Waals surface area contributed by atoms with Crippen molar-refractivity contribution in [2.45, 2.75) is 6.92 Å². The van der Waals surface area contributed by atoms with Crippen LogP contribution in [0.25, 0.3) is 0 Å². The Bertz CT molecular complexity index is 709. The van der Waals surface area contributed by atoms with E-state index in [9.17, 15) is 4.79 Å². The van der Waals surface area contributed by atoms with E-state index in [1.807, 2.05) is 55.5 Å². The number of benzene rings is 2. The lowest BCUT2D eigenvalue weighted by Crippen LogP contribution is -2.29. The summed E-state index contributed by atoms with van der Waals surface area (Å²) in [6.07, 6.45) is 0. The number of hydrogen-bond donors (Lipinski definition) is 0. The maximum Gasteiger partial charge on any atom is 0.277 e. The van der Waals surface area contributed by atoms with Gasteiger partial charge in [0.05, 0.1) is 11.4 Å². The molecule has 0 unspecified atom stereocenters. The molecule has 0 spiro atoms. The number of anilines is 1. The standard InChI is InChI=1S/C16H13BrN2O/c1-2-19-14-9-4-3-8-13(14)15(16(19)20)18-12-7-5-6-11(17)10-12/h3-10H,2H2,1H3. The molecule has 1 aliphatic rings. The molecule has 0 bridgehead atoms. The Morgan fingerprint density at radius 1 is 1.15 bits per heavy atom. The number of carbonyl (C=O) groups is 1. The molecule has 0 saturated heterocycles. The SMILES string of the molecule is CCN1C(=O)C(=Nc2cccc(Br)c2)c2ccccc21. The van der Waals surface area contributed by atoms with Crippen LogP contribution in [0.4, 0.5) is 11.4 Å². The van der Waals surface area contributed by atoms with Crippen LogP contribution in [0.1, 0.15) is 12.5 Å². The number of fused-ring (bicyclic) bond motifs is 1. The summed E-state index contributed by atoms with van der Waals surface area (Å²) in [5.74, 6) is -0.0336. The van der Waals surface area contributed by atoms with Crippen molar-refractivity contribution in [1.29, 1.82) is 0 Å². The van der Waals surface area contributed by atoms with E-state index in [4.69, 9.17) is 0 Å². The molecule has 3 rings (SSSR count). The Kier molecular flexibility index (Phi) is 3.40. The van der Waals surface area contributed by atoms with Crippen molar-refractivity contribution in [2.75, 3.05) is 11.4 Å². The smallest absolute Gasteiger partial charge is 0.277 e. The maximum atomic E-state index is 12.5. The van der Waals surface area contributed by atoms with Crippen LogP contribution in [0.3, 0.4) is 0 Å². The van der Waals surface area contributed by atoms with Crippen LogP contribution in [0, 0.1) is 0 Å². The molecule has 2 aromatic rings. The van der Waals surface area contributed by atoms with E-state index in [1.165, 1.54) is 0 Å². The van der Waals surface area contributed by atoms with Crippen LogP contribution < -0.4 is 4.90 Å². The van der Waals surface area contributed by atoms with E-state index < -0.39 is 0 Å². The molecular formula is C16H13BrN2O. The summed E-state index contributed by atoms with van der Waals surface area (Å²) in [5.41, 5.74) is 3.13. The number of carbonyl (C=O) groups excluding carboxylic acids is 1. The molecule has 0 radical (unpaired) electrons. The van der Waals surface area contributed by atoms with Crippen LogP contribution in [-0.4, -0.2) is 18.2 Å². The summed E-state index contributed by atoms with van der Waals surface area (Å²) >= 11 is 3.42. The molecule has 4 heteroatoms. The second-order valence-electron chi connectivity index (χ2n) is 4.51. The van der Waals surface area contributed by atoms with Gasteiger partial charge in [-0.1, -0.05) is 40.2 Å². The molecule has 3 nitrogen and oxygen atoms in total. The van der Waals surface area contributed by atoms with Crippen molar-refractivity contribution in [3.05, 3.63) is 58.6 Å². The third-order valence-electron chi connectivity index (χ3n) is 3.26. The molecule has 0 N–H and O–H groups in total. The number of nitrogens with zero attached hydrogens (tertiary/aromatic N) is 2. The minimum Gasteiger partial charge on any atom is -0.307 e. The highest BCUT2D eigenvalue weighted by Gasteiger charge is 2.32. The van der Waals surface area contributed by atoms with E-state index in [1.54, 1.807) is 4.90 Å². The average molecular weight is 329 g/mol. The highest BCUT2D eigenvalue weighted by molar-refractivity contribution is 9.10. The van der Waals surface area contributed by atoms with Gasteiger partial charge in [0.15, 0.2) is 0 Å². The first kappa shape index (κ1) is 13.1. The van der Waals surface area contributed by atoms with Gasteiger partial charge in [-0.3, -0.25) is 4.79 Å².